The number of hydrogen-bond donors (Lipinski definition) is 1. The third-order valence-corrected chi connectivity index (χ3v) is 7.26. The Hall–Kier alpha value is -6.00. The average Bonchev–Trinajstić information content (AvgIpc) is 3.66. The van der Waals surface area contributed by atoms with Crippen molar-refractivity contribution in [3.8, 4) is 34.8 Å². The van der Waals surface area contributed by atoms with Gasteiger partial charge in [0.1, 0.15) is 37.1 Å². The number of halogens is 1. The van der Waals surface area contributed by atoms with E-state index in [1.807, 2.05) is 12.1 Å². The van der Waals surface area contributed by atoms with Crippen molar-refractivity contribution in [2.24, 2.45) is 0 Å². The lowest BCUT2D eigenvalue weighted by atomic mass is 10.1. The fourth-order valence-electron chi connectivity index (χ4n) is 4.94. The van der Waals surface area contributed by atoms with E-state index in [2.05, 4.69) is 20.3 Å². The van der Waals surface area contributed by atoms with Crippen LogP contribution >= 0.6 is 0 Å². The number of nitrogens with zero attached hydrogens (tertiary/aromatic N) is 6. The Labute approximate surface area is 266 Å². The SMILES string of the molecule is COc1ccc(COc2nc(OC3COc4nc([N+](=O)[O-])cn4C3)ncc2-c2ccc(N3CC(CNC(C)=O)OC3=O)cc2F)cc1. The molecule has 2 atom stereocenters. The summed E-state index contributed by atoms with van der Waals surface area (Å²) in [7, 11) is 1.56. The summed E-state index contributed by atoms with van der Waals surface area (Å²) in [6.07, 6.45) is 0.731. The predicted octanol–water partition coefficient (Wildman–Crippen LogP) is 3.28. The first kappa shape index (κ1) is 31.0. The quantitative estimate of drug-likeness (QED) is 0.185. The topological polar surface area (TPSA) is 182 Å². The van der Waals surface area contributed by atoms with Crippen molar-refractivity contribution in [1.29, 1.82) is 0 Å². The van der Waals surface area contributed by atoms with Crippen LogP contribution in [0.4, 0.5) is 20.7 Å². The second-order valence-corrected chi connectivity index (χ2v) is 10.6. The minimum Gasteiger partial charge on any atom is -0.497 e. The maximum absolute atomic E-state index is 15.7. The summed E-state index contributed by atoms with van der Waals surface area (Å²) in [5.74, 6) is -0.607. The summed E-state index contributed by atoms with van der Waals surface area (Å²) in [6.45, 7) is 1.90. The average molecular weight is 650 g/mol. The highest BCUT2D eigenvalue weighted by Gasteiger charge is 2.33. The maximum Gasteiger partial charge on any atom is 0.414 e. The highest BCUT2D eigenvalue weighted by atomic mass is 19.1. The number of ether oxygens (including phenoxy) is 5. The number of fused-ring (bicyclic) bond motifs is 1. The molecule has 1 N–H and O–H groups in total. The van der Waals surface area contributed by atoms with Gasteiger partial charge in [-0.2, -0.15) is 4.98 Å². The van der Waals surface area contributed by atoms with Crippen molar-refractivity contribution in [3.05, 3.63) is 76.4 Å². The predicted molar refractivity (Wildman–Crippen MR) is 160 cm³/mol. The normalized spacial score (nSPS) is 16.9. The van der Waals surface area contributed by atoms with E-state index in [-0.39, 0.29) is 79.3 Å². The molecule has 2 unspecified atom stereocenters. The van der Waals surface area contributed by atoms with Crippen LogP contribution in [0.2, 0.25) is 0 Å². The highest BCUT2D eigenvalue weighted by molar-refractivity contribution is 5.90. The molecule has 2 aliphatic heterocycles. The van der Waals surface area contributed by atoms with E-state index >= 15 is 4.39 Å². The number of methoxy groups -OCH3 is 1. The van der Waals surface area contributed by atoms with E-state index in [1.54, 1.807) is 25.3 Å². The number of imidazole rings is 1. The molecule has 1 saturated heterocycles. The molecule has 2 aromatic carbocycles. The minimum absolute atomic E-state index is 0.0177. The number of benzene rings is 2. The van der Waals surface area contributed by atoms with Crippen LogP contribution in [-0.4, -0.2) is 75.5 Å². The van der Waals surface area contributed by atoms with Gasteiger partial charge in [0, 0.05) is 23.7 Å². The Kier molecular flexibility index (Phi) is 8.68. The zero-order valence-corrected chi connectivity index (χ0v) is 25.1. The Bertz CT molecular complexity index is 1820. The Morgan fingerprint density at radius 2 is 1.98 bits per heavy atom. The molecule has 6 rings (SSSR count). The van der Waals surface area contributed by atoms with Crippen LogP contribution in [0, 0.1) is 15.9 Å². The third-order valence-electron chi connectivity index (χ3n) is 7.26. The molecule has 2 aromatic heterocycles. The molecule has 17 heteroatoms. The monoisotopic (exact) mass is 649 g/mol. The Balaban J connectivity index is 1.24. The van der Waals surface area contributed by atoms with Crippen molar-refractivity contribution in [1.82, 2.24) is 24.8 Å². The number of cyclic esters (lactones) is 1. The van der Waals surface area contributed by atoms with Crippen LogP contribution in [0.15, 0.2) is 54.9 Å². The lowest BCUT2D eigenvalue weighted by Crippen LogP contribution is -2.35. The zero-order chi connectivity index (χ0) is 33.1. The lowest BCUT2D eigenvalue weighted by molar-refractivity contribution is -0.389. The summed E-state index contributed by atoms with van der Waals surface area (Å²) < 4.78 is 45.2. The third kappa shape index (κ3) is 6.98. The maximum atomic E-state index is 15.7. The van der Waals surface area contributed by atoms with Crippen molar-refractivity contribution in [3.63, 3.8) is 0 Å². The molecular weight excluding hydrogens is 621 g/mol. The minimum atomic E-state index is -0.679. The molecule has 244 valence electrons. The van der Waals surface area contributed by atoms with Crippen molar-refractivity contribution in [2.45, 2.75) is 32.3 Å². The molecule has 4 heterocycles. The molecular formula is C30H28FN7O9. The van der Waals surface area contributed by atoms with E-state index in [4.69, 9.17) is 23.7 Å². The Morgan fingerprint density at radius 3 is 2.70 bits per heavy atom. The van der Waals surface area contributed by atoms with Crippen LogP contribution in [0.5, 0.6) is 23.7 Å². The van der Waals surface area contributed by atoms with Gasteiger partial charge >= 0.3 is 23.9 Å². The molecule has 0 bridgehead atoms. The van der Waals surface area contributed by atoms with Gasteiger partial charge in [-0.3, -0.25) is 14.3 Å². The molecule has 47 heavy (non-hydrogen) atoms. The number of carbonyl (C=O) groups excluding carboxylic acids is 2. The smallest absolute Gasteiger partial charge is 0.414 e. The number of anilines is 1. The molecule has 0 saturated carbocycles. The molecule has 1 fully saturated rings. The fraction of sp³-hybridized carbons (Fsp3) is 0.300. The fourth-order valence-corrected chi connectivity index (χ4v) is 4.94. The number of nitrogens with one attached hydrogen (secondary N) is 1. The number of amides is 2. The van der Waals surface area contributed by atoms with Crippen LogP contribution in [-0.2, 0) is 22.7 Å². The number of carbonyl (C=O) groups is 2. The zero-order valence-electron chi connectivity index (χ0n) is 25.1. The first-order valence-electron chi connectivity index (χ1n) is 14.3. The van der Waals surface area contributed by atoms with Crippen LogP contribution in [0.1, 0.15) is 12.5 Å². The molecule has 2 aliphatic rings. The van der Waals surface area contributed by atoms with Crippen LogP contribution in [0.3, 0.4) is 0 Å². The van der Waals surface area contributed by atoms with E-state index in [1.165, 1.54) is 40.9 Å². The van der Waals surface area contributed by atoms with Gasteiger partial charge < -0.3 is 39.1 Å². The molecule has 0 spiro atoms. The number of nitro groups is 1. The number of aromatic nitrogens is 4. The highest BCUT2D eigenvalue weighted by Crippen LogP contribution is 2.35. The van der Waals surface area contributed by atoms with Crippen molar-refractivity contribution in [2.75, 3.05) is 31.7 Å². The largest absolute Gasteiger partial charge is 0.497 e. The molecule has 0 aliphatic carbocycles. The number of hydrogen-bond acceptors (Lipinski definition) is 12. The van der Waals surface area contributed by atoms with E-state index in [0.29, 0.717) is 5.75 Å². The van der Waals surface area contributed by atoms with Crippen molar-refractivity contribution >= 4 is 23.5 Å². The first-order chi connectivity index (χ1) is 22.7. The van der Waals surface area contributed by atoms with Gasteiger partial charge in [-0.1, -0.05) is 12.1 Å². The van der Waals surface area contributed by atoms with Gasteiger partial charge in [0.25, 0.3) is 0 Å². The second kappa shape index (κ2) is 13.2. The van der Waals surface area contributed by atoms with Gasteiger partial charge in [-0.05, 0) is 40.8 Å². The summed E-state index contributed by atoms with van der Waals surface area (Å²) in [5.41, 5.74) is 1.36. The summed E-state index contributed by atoms with van der Waals surface area (Å²) in [6, 6.07) is 11.4. The van der Waals surface area contributed by atoms with Crippen LogP contribution < -0.4 is 29.2 Å². The van der Waals surface area contributed by atoms with Gasteiger partial charge in [-0.15, -0.1) is 0 Å². The number of rotatable bonds is 11. The van der Waals surface area contributed by atoms with E-state index < -0.39 is 29.0 Å². The molecule has 2 amide bonds. The van der Waals surface area contributed by atoms with Gasteiger partial charge in [0.2, 0.25) is 11.8 Å². The summed E-state index contributed by atoms with van der Waals surface area (Å²) >= 11 is 0. The van der Waals surface area contributed by atoms with Gasteiger partial charge in [-0.25, -0.2) is 14.2 Å². The Morgan fingerprint density at radius 1 is 1.17 bits per heavy atom. The second-order valence-electron chi connectivity index (χ2n) is 10.6. The summed E-state index contributed by atoms with van der Waals surface area (Å²) in [5, 5.41) is 13.7. The van der Waals surface area contributed by atoms with Gasteiger partial charge in [0.15, 0.2) is 6.10 Å². The first-order valence-corrected chi connectivity index (χ1v) is 14.3. The van der Waals surface area contributed by atoms with Gasteiger partial charge in [0.05, 0.1) is 38.0 Å². The molecule has 16 nitrogen and oxygen atoms in total. The standard InChI is InChI=1S/C30H28FN7O9/c1-17(39)32-10-21-13-37(30(40)47-21)19-5-8-23(25(31)9-19)24-11-33-28(35-27(24)44-15-18-3-6-20(43-2)7-4-18)46-22-12-36-14-26(38(41)42)34-29(36)45-16-22/h3-9,11,14,21-22H,10,12-13,15-16H2,1-2H3,(H,32,39). The summed E-state index contributed by atoms with van der Waals surface area (Å²) in [4.78, 5) is 48.0. The van der Waals surface area contributed by atoms with Crippen LogP contribution in [0.25, 0.3) is 11.1 Å². The van der Waals surface area contributed by atoms with E-state index in [9.17, 15) is 19.7 Å². The molecule has 0 radical (unpaired) electrons. The lowest BCUT2D eigenvalue weighted by Gasteiger charge is -2.22. The van der Waals surface area contributed by atoms with E-state index in [0.717, 1.165) is 5.56 Å². The molecule has 4 aromatic rings. The van der Waals surface area contributed by atoms with Crippen molar-refractivity contribution < 1.29 is 42.6 Å².